The normalized spacial score (nSPS) is 17.5. The van der Waals surface area contributed by atoms with Crippen LogP contribution in [0.15, 0.2) is 18.3 Å². The lowest BCUT2D eigenvalue weighted by atomic mass is 10.1. The Hall–Kier alpha value is -1.17. The van der Waals surface area contributed by atoms with Gasteiger partial charge in [-0.15, -0.1) is 0 Å². The molecule has 1 saturated heterocycles. The Bertz CT molecular complexity index is 490. The Morgan fingerprint density at radius 1 is 1.23 bits per heavy atom. The SMILES string of the molecule is CC(C)(C)NC(=O)CN1CCN(Cc2ccc(Cl)nc2)CC1. The van der Waals surface area contributed by atoms with Gasteiger partial charge in [-0.05, 0) is 32.4 Å². The van der Waals surface area contributed by atoms with Crippen molar-refractivity contribution < 1.29 is 4.79 Å². The van der Waals surface area contributed by atoms with Crippen LogP contribution in [0, 0.1) is 0 Å². The Kier molecular flexibility index (Phi) is 5.78. The van der Waals surface area contributed by atoms with Crippen molar-refractivity contribution >= 4 is 17.5 Å². The molecule has 1 aliphatic rings. The zero-order valence-electron chi connectivity index (χ0n) is 13.6. The number of pyridine rings is 1. The molecule has 1 aliphatic heterocycles. The molecule has 0 unspecified atom stereocenters. The third-order valence-electron chi connectivity index (χ3n) is 3.54. The number of hydrogen-bond acceptors (Lipinski definition) is 4. The van der Waals surface area contributed by atoms with E-state index in [9.17, 15) is 4.79 Å². The van der Waals surface area contributed by atoms with E-state index in [0.29, 0.717) is 11.7 Å². The summed E-state index contributed by atoms with van der Waals surface area (Å²) in [5.74, 6) is 0.0999. The molecule has 1 aromatic rings. The van der Waals surface area contributed by atoms with Crippen LogP contribution in [0.4, 0.5) is 0 Å². The highest BCUT2D eigenvalue weighted by atomic mass is 35.5. The Morgan fingerprint density at radius 2 is 1.86 bits per heavy atom. The summed E-state index contributed by atoms with van der Waals surface area (Å²) in [5.41, 5.74) is 1.00. The van der Waals surface area contributed by atoms with E-state index < -0.39 is 0 Å². The van der Waals surface area contributed by atoms with Crippen LogP contribution in [0.5, 0.6) is 0 Å². The Morgan fingerprint density at radius 3 is 2.41 bits per heavy atom. The smallest absolute Gasteiger partial charge is 0.234 e. The number of hydrogen-bond donors (Lipinski definition) is 1. The molecule has 6 heteroatoms. The van der Waals surface area contributed by atoms with E-state index in [-0.39, 0.29) is 11.4 Å². The molecule has 0 saturated carbocycles. The summed E-state index contributed by atoms with van der Waals surface area (Å²) < 4.78 is 0. The predicted molar refractivity (Wildman–Crippen MR) is 88.9 cm³/mol. The lowest BCUT2D eigenvalue weighted by Gasteiger charge is -2.34. The summed E-state index contributed by atoms with van der Waals surface area (Å²) in [6.45, 7) is 11.1. The molecular weight excluding hydrogens is 300 g/mol. The van der Waals surface area contributed by atoms with Crippen LogP contribution in [-0.4, -0.2) is 59.0 Å². The standard InChI is InChI=1S/C16H25ClN4O/c1-16(2,3)19-15(22)12-21-8-6-20(7-9-21)11-13-4-5-14(17)18-10-13/h4-5,10H,6-9,11-12H2,1-3H3,(H,19,22). The van der Waals surface area contributed by atoms with Crippen LogP contribution >= 0.6 is 11.6 Å². The summed E-state index contributed by atoms with van der Waals surface area (Å²) in [6, 6.07) is 3.84. The molecule has 1 fully saturated rings. The number of nitrogens with one attached hydrogen (secondary N) is 1. The lowest BCUT2D eigenvalue weighted by molar-refractivity contribution is -0.124. The van der Waals surface area contributed by atoms with Gasteiger partial charge in [0.05, 0.1) is 6.54 Å². The molecule has 0 aromatic carbocycles. The molecule has 1 aromatic heterocycles. The third kappa shape index (κ3) is 5.91. The number of piperazine rings is 1. The summed E-state index contributed by atoms with van der Waals surface area (Å²) >= 11 is 5.80. The number of nitrogens with zero attached hydrogens (tertiary/aromatic N) is 3. The maximum atomic E-state index is 11.9. The Labute approximate surface area is 137 Å². The largest absolute Gasteiger partial charge is 0.350 e. The van der Waals surface area contributed by atoms with Crippen LogP contribution in [0.25, 0.3) is 0 Å². The van der Waals surface area contributed by atoms with Crippen molar-refractivity contribution in [3.8, 4) is 0 Å². The van der Waals surface area contributed by atoms with Crippen LogP contribution in [-0.2, 0) is 11.3 Å². The van der Waals surface area contributed by atoms with Gasteiger partial charge in [-0.25, -0.2) is 4.98 Å². The van der Waals surface area contributed by atoms with Gasteiger partial charge < -0.3 is 5.32 Å². The fraction of sp³-hybridized carbons (Fsp3) is 0.625. The van der Waals surface area contributed by atoms with Crippen molar-refractivity contribution in [3.63, 3.8) is 0 Å². The average Bonchev–Trinajstić information content (AvgIpc) is 2.41. The second kappa shape index (κ2) is 7.40. The van der Waals surface area contributed by atoms with E-state index in [0.717, 1.165) is 32.7 Å². The maximum Gasteiger partial charge on any atom is 0.234 e. The minimum absolute atomic E-state index is 0.0999. The van der Waals surface area contributed by atoms with Gasteiger partial charge in [-0.3, -0.25) is 14.6 Å². The fourth-order valence-corrected chi connectivity index (χ4v) is 2.64. The second-order valence-corrected chi connectivity index (χ2v) is 7.23. The van der Waals surface area contributed by atoms with Crippen molar-refractivity contribution in [3.05, 3.63) is 29.0 Å². The zero-order valence-corrected chi connectivity index (χ0v) is 14.4. The van der Waals surface area contributed by atoms with Crippen molar-refractivity contribution in [2.24, 2.45) is 0 Å². The van der Waals surface area contributed by atoms with E-state index in [2.05, 4.69) is 20.1 Å². The number of halogens is 1. The van der Waals surface area contributed by atoms with Crippen molar-refractivity contribution in [1.29, 1.82) is 0 Å². The molecule has 0 radical (unpaired) electrons. The molecule has 0 bridgehead atoms. The molecule has 1 N–H and O–H groups in total. The number of rotatable bonds is 4. The zero-order chi connectivity index (χ0) is 16.2. The second-order valence-electron chi connectivity index (χ2n) is 6.84. The lowest BCUT2D eigenvalue weighted by Crippen LogP contribution is -2.51. The summed E-state index contributed by atoms with van der Waals surface area (Å²) in [4.78, 5) is 20.6. The molecular formula is C16H25ClN4O. The molecule has 122 valence electrons. The van der Waals surface area contributed by atoms with Crippen LogP contribution < -0.4 is 5.32 Å². The first-order valence-corrected chi connectivity index (χ1v) is 8.06. The van der Waals surface area contributed by atoms with E-state index >= 15 is 0 Å². The highest BCUT2D eigenvalue weighted by Crippen LogP contribution is 2.10. The Balaban J connectivity index is 1.73. The molecule has 1 amide bonds. The molecule has 2 rings (SSSR count). The molecule has 0 aliphatic carbocycles. The van der Waals surface area contributed by atoms with Gasteiger partial charge >= 0.3 is 0 Å². The molecule has 0 spiro atoms. The maximum absolute atomic E-state index is 11.9. The van der Waals surface area contributed by atoms with Crippen LogP contribution in [0.3, 0.4) is 0 Å². The monoisotopic (exact) mass is 324 g/mol. The number of amides is 1. The van der Waals surface area contributed by atoms with Gasteiger partial charge in [-0.1, -0.05) is 17.7 Å². The van der Waals surface area contributed by atoms with Crippen LogP contribution in [0.2, 0.25) is 5.15 Å². The summed E-state index contributed by atoms with van der Waals surface area (Å²) in [6.07, 6.45) is 1.82. The van der Waals surface area contributed by atoms with Gasteiger partial charge in [0.2, 0.25) is 5.91 Å². The molecule has 5 nitrogen and oxygen atoms in total. The first-order chi connectivity index (χ1) is 10.3. The van der Waals surface area contributed by atoms with Crippen molar-refractivity contribution in [1.82, 2.24) is 20.1 Å². The topological polar surface area (TPSA) is 48.5 Å². The van der Waals surface area contributed by atoms with Gasteiger partial charge in [0, 0.05) is 44.5 Å². The fourth-order valence-electron chi connectivity index (χ4n) is 2.52. The first-order valence-electron chi connectivity index (χ1n) is 7.68. The minimum atomic E-state index is -0.166. The van der Waals surface area contributed by atoms with Gasteiger partial charge in [0.25, 0.3) is 0 Å². The third-order valence-corrected chi connectivity index (χ3v) is 3.76. The minimum Gasteiger partial charge on any atom is -0.350 e. The summed E-state index contributed by atoms with van der Waals surface area (Å²) in [5, 5.41) is 3.53. The summed E-state index contributed by atoms with van der Waals surface area (Å²) in [7, 11) is 0. The quantitative estimate of drug-likeness (QED) is 0.858. The first kappa shape index (κ1) is 17.2. The van der Waals surface area contributed by atoms with Gasteiger partial charge in [-0.2, -0.15) is 0 Å². The van der Waals surface area contributed by atoms with Crippen molar-refractivity contribution in [2.45, 2.75) is 32.9 Å². The van der Waals surface area contributed by atoms with E-state index in [1.807, 2.05) is 39.1 Å². The highest BCUT2D eigenvalue weighted by Gasteiger charge is 2.21. The number of carbonyl (C=O) groups is 1. The van der Waals surface area contributed by atoms with E-state index in [1.54, 1.807) is 0 Å². The average molecular weight is 325 g/mol. The number of carbonyl (C=O) groups excluding carboxylic acids is 1. The van der Waals surface area contributed by atoms with E-state index in [1.165, 1.54) is 5.56 Å². The van der Waals surface area contributed by atoms with Gasteiger partial charge in [0.1, 0.15) is 5.15 Å². The van der Waals surface area contributed by atoms with E-state index in [4.69, 9.17) is 11.6 Å². The predicted octanol–water partition coefficient (Wildman–Crippen LogP) is 1.77. The molecule has 22 heavy (non-hydrogen) atoms. The highest BCUT2D eigenvalue weighted by molar-refractivity contribution is 6.29. The van der Waals surface area contributed by atoms with Gasteiger partial charge in [0.15, 0.2) is 0 Å². The van der Waals surface area contributed by atoms with Crippen LogP contribution in [0.1, 0.15) is 26.3 Å². The van der Waals surface area contributed by atoms with Crippen molar-refractivity contribution in [2.75, 3.05) is 32.7 Å². The molecule has 2 heterocycles. The molecule has 0 atom stereocenters. The number of aromatic nitrogens is 1.